The van der Waals surface area contributed by atoms with Crippen molar-refractivity contribution in [1.82, 2.24) is 10.1 Å². The van der Waals surface area contributed by atoms with E-state index in [4.69, 9.17) is 9.26 Å². The minimum atomic E-state index is -0.870. The number of esters is 1. The molecule has 3 aromatic rings. The van der Waals surface area contributed by atoms with Gasteiger partial charge in [0.15, 0.2) is 6.10 Å². The van der Waals surface area contributed by atoms with Gasteiger partial charge in [0.1, 0.15) is 5.76 Å². The zero-order valence-electron chi connectivity index (χ0n) is 14.7. The summed E-state index contributed by atoms with van der Waals surface area (Å²) < 4.78 is 10.4. The summed E-state index contributed by atoms with van der Waals surface area (Å²) >= 11 is 0. The number of carbonyl (C=O) groups excluding carboxylic acids is 2. The smallest absolute Gasteiger partial charge is 0.311 e. The number of carbonyl (C=O) groups is 2. The molecule has 0 saturated heterocycles. The lowest BCUT2D eigenvalue weighted by Crippen LogP contribution is -2.25. The summed E-state index contributed by atoms with van der Waals surface area (Å²) in [7, 11) is 0. The Balaban J connectivity index is 1.76. The Morgan fingerprint density at radius 3 is 2.64 bits per heavy atom. The molecule has 6 heteroatoms. The van der Waals surface area contributed by atoms with Crippen LogP contribution in [0, 0.1) is 20.8 Å². The van der Waals surface area contributed by atoms with Gasteiger partial charge in [0.2, 0.25) is 5.78 Å². The van der Waals surface area contributed by atoms with Crippen LogP contribution in [0.3, 0.4) is 0 Å². The monoisotopic (exact) mass is 340 g/mol. The van der Waals surface area contributed by atoms with E-state index in [-0.39, 0.29) is 12.2 Å². The van der Waals surface area contributed by atoms with Crippen LogP contribution < -0.4 is 0 Å². The summed E-state index contributed by atoms with van der Waals surface area (Å²) in [4.78, 5) is 28.2. The maximum absolute atomic E-state index is 12.8. The molecule has 6 nitrogen and oxygen atoms in total. The van der Waals surface area contributed by atoms with E-state index in [0.29, 0.717) is 22.6 Å². The molecule has 3 rings (SSSR count). The molecule has 0 aliphatic rings. The molecule has 1 N–H and O–H groups in total. The molecule has 0 fully saturated rings. The number of nitrogens with one attached hydrogen (secondary N) is 1. The first-order valence-electron chi connectivity index (χ1n) is 8.11. The first-order chi connectivity index (χ1) is 11.9. The number of Topliss-reactive ketones (excluding diaryl/α,β-unsaturated/α-hetero) is 1. The van der Waals surface area contributed by atoms with Crippen molar-refractivity contribution in [3.05, 3.63) is 52.5 Å². The average Bonchev–Trinajstić information content (AvgIpc) is 3.07. The van der Waals surface area contributed by atoms with Crippen LogP contribution in [0.25, 0.3) is 10.9 Å². The summed E-state index contributed by atoms with van der Waals surface area (Å²) in [6, 6.07) is 7.57. The summed E-state index contributed by atoms with van der Waals surface area (Å²) in [6.07, 6.45) is -0.836. The van der Waals surface area contributed by atoms with Gasteiger partial charge in [0.25, 0.3) is 0 Å². The third-order valence-corrected chi connectivity index (χ3v) is 4.32. The minimum absolute atomic E-state index is 0.0334. The fraction of sp³-hybridized carbons (Fsp3) is 0.316. The predicted octanol–water partition coefficient (Wildman–Crippen LogP) is 3.44. The van der Waals surface area contributed by atoms with Gasteiger partial charge in [0, 0.05) is 27.7 Å². The Morgan fingerprint density at radius 2 is 1.96 bits per heavy atom. The molecular weight excluding hydrogens is 320 g/mol. The first-order valence-corrected chi connectivity index (χ1v) is 8.11. The van der Waals surface area contributed by atoms with Crippen molar-refractivity contribution in [3.8, 4) is 0 Å². The van der Waals surface area contributed by atoms with Crippen LogP contribution in [0.2, 0.25) is 0 Å². The van der Waals surface area contributed by atoms with Gasteiger partial charge in [-0.3, -0.25) is 9.59 Å². The number of H-pyrrole nitrogens is 1. The molecule has 0 radical (unpaired) electrons. The van der Waals surface area contributed by atoms with Gasteiger partial charge in [0.05, 0.1) is 12.1 Å². The summed E-state index contributed by atoms with van der Waals surface area (Å²) in [5.41, 5.74) is 3.57. The molecule has 0 unspecified atom stereocenters. The van der Waals surface area contributed by atoms with Crippen molar-refractivity contribution in [2.45, 2.75) is 40.2 Å². The van der Waals surface area contributed by atoms with Gasteiger partial charge in [-0.05, 0) is 33.8 Å². The highest BCUT2D eigenvalue weighted by Crippen LogP contribution is 2.24. The SMILES string of the molecule is Cc1noc(C)c1CC(=O)O[C@H](C)C(=O)c1c(C)[nH]c2ccccc12. The van der Waals surface area contributed by atoms with E-state index in [1.165, 1.54) is 0 Å². The van der Waals surface area contributed by atoms with Crippen LogP contribution in [-0.2, 0) is 16.0 Å². The Bertz CT molecular complexity index is 932. The second-order valence-corrected chi connectivity index (χ2v) is 6.15. The van der Waals surface area contributed by atoms with Crippen LogP contribution in [-0.4, -0.2) is 28.0 Å². The van der Waals surface area contributed by atoms with Crippen molar-refractivity contribution in [1.29, 1.82) is 0 Å². The molecule has 2 aromatic heterocycles. The van der Waals surface area contributed by atoms with Gasteiger partial charge in [-0.2, -0.15) is 0 Å². The number of benzene rings is 1. The number of ketones is 1. The van der Waals surface area contributed by atoms with Crippen molar-refractivity contribution in [3.63, 3.8) is 0 Å². The summed E-state index contributed by atoms with van der Waals surface area (Å²) in [5, 5.41) is 4.65. The molecule has 0 spiro atoms. The van der Waals surface area contributed by atoms with Crippen LogP contribution >= 0.6 is 0 Å². The molecule has 0 aliphatic carbocycles. The van der Waals surface area contributed by atoms with Crippen LogP contribution in [0.4, 0.5) is 0 Å². The predicted molar refractivity (Wildman–Crippen MR) is 92.6 cm³/mol. The fourth-order valence-corrected chi connectivity index (χ4v) is 2.99. The second kappa shape index (κ2) is 6.55. The molecule has 0 amide bonds. The maximum atomic E-state index is 12.8. The van der Waals surface area contributed by atoms with Gasteiger partial charge >= 0.3 is 5.97 Å². The lowest BCUT2D eigenvalue weighted by atomic mass is 10.0. The third kappa shape index (κ3) is 3.20. The van der Waals surface area contributed by atoms with E-state index >= 15 is 0 Å². The van der Waals surface area contributed by atoms with Crippen LogP contribution in [0.5, 0.6) is 0 Å². The number of rotatable bonds is 5. The highest BCUT2D eigenvalue weighted by atomic mass is 16.5. The normalized spacial score (nSPS) is 12.3. The lowest BCUT2D eigenvalue weighted by Gasteiger charge is -2.12. The van der Waals surface area contributed by atoms with Gasteiger partial charge in [-0.1, -0.05) is 23.4 Å². The molecule has 130 valence electrons. The number of fused-ring (bicyclic) bond motifs is 1. The van der Waals surface area contributed by atoms with Crippen molar-refractivity contribution in [2.75, 3.05) is 0 Å². The van der Waals surface area contributed by atoms with Gasteiger partial charge in [-0.25, -0.2) is 0 Å². The molecule has 25 heavy (non-hydrogen) atoms. The zero-order chi connectivity index (χ0) is 18.1. The van der Waals surface area contributed by atoms with Gasteiger partial charge in [-0.15, -0.1) is 0 Å². The molecule has 1 atom stereocenters. The van der Waals surface area contributed by atoms with Crippen LogP contribution in [0.15, 0.2) is 28.8 Å². The Kier molecular flexibility index (Phi) is 4.44. The van der Waals surface area contributed by atoms with E-state index in [9.17, 15) is 9.59 Å². The Morgan fingerprint density at radius 1 is 1.24 bits per heavy atom. The van der Waals surface area contributed by atoms with E-state index < -0.39 is 12.1 Å². The van der Waals surface area contributed by atoms with Crippen LogP contribution in [0.1, 0.15) is 40.0 Å². The standard InChI is InChI=1S/C19H20N2O4/c1-10-15(12(3)25-21-10)9-17(22)24-13(4)19(23)18-11(2)20-16-8-6-5-7-14(16)18/h5-8,13,20H,9H2,1-4H3/t13-/m1/s1. The number of hydrogen-bond donors (Lipinski definition) is 1. The number of hydrogen-bond acceptors (Lipinski definition) is 5. The number of ether oxygens (including phenoxy) is 1. The van der Waals surface area contributed by atoms with E-state index in [1.807, 2.05) is 31.2 Å². The van der Waals surface area contributed by atoms with E-state index in [0.717, 1.165) is 16.6 Å². The second-order valence-electron chi connectivity index (χ2n) is 6.15. The largest absolute Gasteiger partial charge is 0.454 e. The third-order valence-electron chi connectivity index (χ3n) is 4.32. The molecule has 0 saturated carbocycles. The average molecular weight is 340 g/mol. The fourth-order valence-electron chi connectivity index (χ4n) is 2.99. The minimum Gasteiger partial charge on any atom is -0.454 e. The number of aromatic nitrogens is 2. The number of aryl methyl sites for hydroxylation is 3. The molecule has 0 aliphatic heterocycles. The molecule has 0 bridgehead atoms. The van der Waals surface area contributed by atoms with Gasteiger partial charge < -0.3 is 14.2 Å². The lowest BCUT2D eigenvalue weighted by molar-refractivity contribution is -0.145. The summed E-state index contributed by atoms with van der Waals surface area (Å²) in [5.74, 6) is -0.115. The molecular formula is C19H20N2O4. The first kappa shape index (κ1) is 17.0. The highest BCUT2D eigenvalue weighted by Gasteiger charge is 2.25. The Labute approximate surface area is 145 Å². The van der Waals surface area contributed by atoms with Crippen molar-refractivity contribution in [2.24, 2.45) is 0 Å². The Hall–Kier alpha value is -2.89. The topological polar surface area (TPSA) is 85.2 Å². The van der Waals surface area contributed by atoms with E-state index in [1.54, 1.807) is 20.8 Å². The number of nitrogens with zero attached hydrogens (tertiary/aromatic N) is 1. The maximum Gasteiger partial charge on any atom is 0.311 e. The number of aromatic amines is 1. The molecule has 1 aromatic carbocycles. The summed E-state index contributed by atoms with van der Waals surface area (Å²) in [6.45, 7) is 6.94. The zero-order valence-corrected chi connectivity index (χ0v) is 14.7. The quantitative estimate of drug-likeness (QED) is 0.568. The van der Waals surface area contributed by atoms with Crippen molar-refractivity contribution < 1.29 is 18.8 Å². The number of para-hydroxylation sites is 1. The van der Waals surface area contributed by atoms with Crippen molar-refractivity contribution >= 4 is 22.7 Å². The molecule has 2 heterocycles. The van der Waals surface area contributed by atoms with E-state index in [2.05, 4.69) is 10.1 Å². The highest BCUT2D eigenvalue weighted by molar-refractivity contribution is 6.11.